The van der Waals surface area contributed by atoms with Crippen molar-refractivity contribution in [3.63, 3.8) is 0 Å². The van der Waals surface area contributed by atoms with E-state index in [1.54, 1.807) is 0 Å². The van der Waals surface area contributed by atoms with E-state index in [0.717, 1.165) is 60.2 Å². The number of nitrogens with zero attached hydrogens (tertiary/aromatic N) is 6. The molecule has 0 aromatic carbocycles. The van der Waals surface area contributed by atoms with Gasteiger partial charge in [0.05, 0.1) is 0 Å². The van der Waals surface area contributed by atoms with Crippen LogP contribution < -0.4 is 0 Å². The minimum Gasteiger partial charge on any atom is -0.301 e. The van der Waals surface area contributed by atoms with Crippen LogP contribution in [0.5, 0.6) is 0 Å². The minimum atomic E-state index is 0. The Morgan fingerprint density at radius 2 is 0.773 bits per heavy atom. The molecule has 6 saturated heterocycles. The Morgan fingerprint density at radius 3 is 1.05 bits per heavy atom. The normalized spacial score (nSPS) is 31.5. The maximum atomic E-state index is 2.67. The highest BCUT2D eigenvalue weighted by molar-refractivity contribution is 5.01. The number of rotatable bonds is 6. The van der Waals surface area contributed by atoms with Gasteiger partial charge in [0.2, 0.25) is 0 Å². The third-order valence-electron chi connectivity index (χ3n) is 12.4. The monoisotopic (exact) mass is 619 g/mol. The van der Waals surface area contributed by atoms with Crippen molar-refractivity contribution in [1.82, 2.24) is 29.4 Å². The van der Waals surface area contributed by atoms with Crippen molar-refractivity contribution in [3.8, 4) is 0 Å². The number of piperazine rings is 1. The molecule has 6 rings (SSSR count). The first-order valence-corrected chi connectivity index (χ1v) is 18.7. The summed E-state index contributed by atoms with van der Waals surface area (Å²) in [6.45, 7) is 41.2. The summed E-state index contributed by atoms with van der Waals surface area (Å²) in [6.07, 6.45) is 5.70. The van der Waals surface area contributed by atoms with Crippen molar-refractivity contribution in [1.29, 1.82) is 0 Å². The highest BCUT2D eigenvalue weighted by Crippen LogP contribution is 2.41. The molecule has 44 heavy (non-hydrogen) atoms. The van der Waals surface area contributed by atoms with Gasteiger partial charge in [-0.3, -0.25) is 9.80 Å². The quantitative estimate of drug-likeness (QED) is 0.338. The molecule has 6 heterocycles. The molecule has 2 bridgehead atoms. The lowest BCUT2D eigenvalue weighted by atomic mass is 9.77. The number of likely N-dealkylation sites (tertiary alicyclic amines) is 6. The summed E-state index contributed by atoms with van der Waals surface area (Å²) in [7, 11) is 0. The van der Waals surface area contributed by atoms with E-state index in [0.29, 0.717) is 5.41 Å². The van der Waals surface area contributed by atoms with E-state index in [1.165, 1.54) is 91.1 Å². The predicted octanol–water partition coefficient (Wildman–Crippen LogP) is 6.46. The van der Waals surface area contributed by atoms with Crippen LogP contribution >= 0.6 is 0 Å². The third-order valence-corrected chi connectivity index (χ3v) is 12.4. The molecule has 260 valence electrons. The van der Waals surface area contributed by atoms with Crippen molar-refractivity contribution in [3.05, 3.63) is 0 Å². The zero-order valence-corrected chi connectivity index (χ0v) is 30.9. The van der Waals surface area contributed by atoms with Crippen LogP contribution in [0.3, 0.4) is 0 Å². The average Bonchev–Trinajstić information content (AvgIpc) is 3.75. The van der Waals surface area contributed by atoms with Crippen LogP contribution in [0.1, 0.15) is 116 Å². The Kier molecular flexibility index (Phi) is 14.1. The lowest BCUT2D eigenvalue weighted by Crippen LogP contribution is -2.50. The molecule has 6 fully saturated rings. The highest BCUT2D eigenvalue weighted by Gasteiger charge is 2.45. The molecule has 6 heteroatoms. The summed E-state index contributed by atoms with van der Waals surface area (Å²) >= 11 is 0. The maximum absolute atomic E-state index is 2.67. The van der Waals surface area contributed by atoms with E-state index in [-0.39, 0.29) is 7.43 Å². The van der Waals surface area contributed by atoms with Crippen molar-refractivity contribution < 1.29 is 0 Å². The Hall–Kier alpha value is -0.240. The fraction of sp³-hybridized carbons (Fsp3) is 1.00. The van der Waals surface area contributed by atoms with Gasteiger partial charge in [-0.05, 0) is 146 Å². The minimum absolute atomic E-state index is 0. The summed E-state index contributed by atoms with van der Waals surface area (Å²) in [5.74, 6) is 1.92. The second kappa shape index (κ2) is 16.2. The topological polar surface area (TPSA) is 19.4 Å². The van der Waals surface area contributed by atoms with Gasteiger partial charge in [0.1, 0.15) is 0 Å². The first kappa shape index (κ1) is 38.2. The van der Waals surface area contributed by atoms with Gasteiger partial charge in [-0.1, -0.05) is 7.43 Å². The molecule has 0 saturated carbocycles. The standard InChI is InChI=1S/C14H28N2.C12H24N2.C11H22N2.CH4/c1-12(2)15-8-5-14(6-9-15)7-10-16(11-14)13(3)4;1-9(2)13-5-11-7-14(10(3)4)8-12(11)6-13;1-8(2)12-6-11-5-10(12)7-13(11)9(3)4;/h12-13H,5-11H2,1-4H3;9-12H,5-8H2,1-4H3;8-11H,5-7H2,1-4H3;1H4. The van der Waals surface area contributed by atoms with Gasteiger partial charge in [-0.15, -0.1) is 0 Å². The molecule has 1 spiro atoms. The van der Waals surface area contributed by atoms with Crippen LogP contribution in [-0.2, 0) is 0 Å². The van der Waals surface area contributed by atoms with Crippen LogP contribution in [0.4, 0.5) is 0 Å². The van der Waals surface area contributed by atoms with Gasteiger partial charge in [-0.2, -0.15) is 0 Å². The largest absolute Gasteiger partial charge is 0.301 e. The van der Waals surface area contributed by atoms with Crippen LogP contribution in [0.15, 0.2) is 0 Å². The van der Waals surface area contributed by atoms with Gasteiger partial charge < -0.3 is 19.6 Å². The summed E-state index contributed by atoms with van der Waals surface area (Å²) in [5.41, 5.74) is 0.676. The van der Waals surface area contributed by atoms with E-state index in [1.807, 2.05) is 0 Å². The average molecular weight is 619 g/mol. The van der Waals surface area contributed by atoms with E-state index in [9.17, 15) is 0 Å². The summed E-state index contributed by atoms with van der Waals surface area (Å²) in [4.78, 5) is 15.9. The lowest BCUT2D eigenvalue weighted by Gasteiger charge is -2.41. The molecular formula is C38H78N6. The number of fused-ring (bicyclic) bond motifs is 3. The number of piperidine rings is 1. The molecule has 2 unspecified atom stereocenters. The lowest BCUT2D eigenvalue weighted by molar-refractivity contribution is 0.0838. The van der Waals surface area contributed by atoms with E-state index < -0.39 is 0 Å². The van der Waals surface area contributed by atoms with Crippen molar-refractivity contribution in [2.24, 2.45) is 17.3 Å². The molecule has 0 amide bonds. The fourth-order valence-corrected chi connectivity index (χ4v) is 9.24. The zero-order chi connectivity index (χ0) is 31.6. The molecule has 0 N–H and O–H groups in total. The molecule has 6 aliphatic heterocycles. The van der Waals surface area contributed by atoms with E-state index in [2.05, 4.69) is 112 Å². The molecule has 2 atom stereocenters. The molecular weight excluding hydrogens is 540 g/mol. The zero-order valence-electron chi connectivity index (χ0n) is 30.9. The Bertz CT molecular complexity index is 777. The van der Waals surface area contributed by atoms with Crippen molar-refractivity contribution in [2.75, 3.05) is 65.4 Å². The smallest absolute Gasteiger partial charge is 0.0242 e. The highest BCUT2D eigenvalue weighted by atomic mass is 15.4. The van der Waals surface area contributed by atoms with Gasteiger partial charge in [0.25, 0.3) is 0 Å². The van der Waals surface area contributed by atoms with E-state index >= 15 is 0 Å². The SMILES string of the molecule is C.CC(C)N1CC2CC1CN2C(C)C.CC(C)N1CC2CN(C(C)C)CC2C1.CC(C)N1CCC2(CC1)CCN(C(C)C)C2. The van der Waals surface area contributed by atoms with Crippen LogP contribution in [0.25, 0.3) is 0 Å². The molecule has 6 aliphatic rings. The number of hydrogen-bond donors (Lipinski definition) is 0. The van der Waals surface area contributed by atoms with Crippen molar-refractivity contribution >= 4 is 0 Å². The second-order valence-electron chi connectivity index (χ2n) is 17.2. The van der Waals surface area contributed by atoms with Gasteiger partial charge in [0.15, 0.2) is 0 Å². The Labute approximate surface area is 276 Å². The van der Waals surface area contributed by atoms with Gasteiger partial charge in [-0.25, -0.2) is 0 Å². The molecule has 6 nitrogen and oxygen atoms in total. The second-order valence-corrected chi connectivity index (χ2v) is 17.2. The Balaban J connectivity index is 0.000000179. The predicted molar refractivity (Wildman–Crippen MR) is 193 cm³/mol. The van der Waals surface area contributed by atoms with Crippen LogP contribution in [0.2, 0.25) is 0 Å². The molecule has 0 aromatic rings. The molecule has 0 aliphatic carbocycles. The first-order valence-electron chi connectivity index (χ1n) is 18.7. The third kappa shape index (κ3) is 9.22. The van der Waals surface area contributed by atoms with Gasteiger partial charge >= 0.3 is 0 Å². The molecule has 0 radical (unpaired) electrons. The Morgan fingerprint density at radius 1 is 0.432 bits per heavy atom. The molecule has 0 aromatic heterocycles. The van der Waals surface area contributed by atoms with Crippen LogP contribution in [-0.4, -0.2) is 143 Å². The summed E-state index contributed by atoms with van der Waals surface area (Å²) < 4.78 is 0. The van der Waals surface area contributed by atoms with Crippen LogP contribution in [0, 0.1) is 17.3 Å². The first-order chi connectivity index (χ1) is 20.2. The number of hydrogen-bond acceptors (Lipinski definition) is 6. The van der Waals surface area contributed by atoms with Gasteiger partial charge in [0, 0.05) is 94.1 Å². The van der Waals surface area contributed by atoms with Crippen molar-refractivity contribution in [2.45, 2.75) is 165 Å². The summed E-state index contributed by atoms with van der Waals surface area (Å²) in [6, 6.07) is 6.15. The maximum Gasteiger partial charge on any atom is 0.0242 e. The summed E-state index contributed by atoms with van der Waals surface area (Å²) in [5, 5.41) is 0. The fourth-order valence-electron chi connectivity index (χ4n) is 9.24. The van der Waals surface area contributed by atoms with E-state index in [4.69, 9.17) is 0 Å².